The van der Waals surface area contributed by atoms with E-state index >= 15 is 0 Å². The number of hydrogen-bond acceptors (Lipinski definition) is 5. The van der Waals surface area contributed by atoms with Crippen molar-refractivity contribution in [3.63, 3.8) is 0 Å². The lowest BCUT2D eigenvalue weighted by Crippen LogP contribution is -2.35. The summed E-state index contributed by atoms with van der Waals surface area (Å²) in [5.74, 6) is -2.29. The molecule has 7 nitrogen and oxygen atoms in total. The van der Waals surface area contributed by atoms with Crippen molar-refractivity contribution >= 4 is 22.0 Å². The third-order valence-electron chi connectivity index (χ3n) is 2.68. The SMILES string of the molecule is COC(=O)CCCS(=O)(=O)NCC(CC(C)C)C(=O)O. The van der Waals surface area contributed by atoms with Gasteiger partial charge in [-0.1, -0.05) is 13.8 Å². The Hall–Kier alpha value is -1.15. The van der Waals surface area contributed by atoms with E-state index in [9.17, 15) is 18.0 Å². The highest BCUT2D eigenvalue weighted by Gasteiger charge is 2.21. The van der Waals surface area contributed by atoms with Gasteiger partial charge in [0.2, 0.25) is 10.0 Å². The highest BCUT2D eigenvalue weighted by atomic mass is 32.2. The number of hydrogen-bond donors (Lipinski definition) is 2. The average Bonchev–Trinajstić information content (AvgIpc) is 2.33. The van der Waals surface area contributed by atoms with E-state index in [1.54, 1.807) is 0 Å². The Morgan fingerprint density at radius 2 is 1.90 bits per heavy atom. The maximum Gasteiger partial charge on any atom is 0.307 e. The molecule has 0 bridgehead atoms. The molecule has 1 atom stereocenters. The molecule has 0 saturated heterocycles. The smallest absolute Gasteiger partial charge is 0.307 e. The van der Waals surface area contributed by atoms with Crippen LogP contribution in [0.15, 0.2) is 0 Å². The molecule has 0 heterocycles. The number of methoxy groups -OCH3 is 1. The lowest BCUT2D eigenvalue weighted by molar-refractivity contribution is -0.142. The number of aliphatic carboxylic acids is 1. The van der Waals surface area contributed by atoms with E-state index in [2.05, 4.69) is 9.46 Å². The van der Waals surface area contributed by atoms with Crippen LogP contribution in [0, 0.1) is 11.8 Å². The molecular formula is C12H23NO6S. The Morgan fingerprint density at radius 1 is 1.30 bits per heavy atom. The Bertz CT molecular complexity index is 418. The second kappa shape index (κ2) is 8.91. The van der Waals surface area contributed by atoms with Crippen molar-refractivity contribution in [1.82, 2.24) is 4.72 Å². The number of carboxylic acid groups (broad SMARTS) is 1. The lowest BCUT2D eigenvalue weighted by atomic mass is 9.98. The van der Waals surface area contributed by atoms with Crippen LogP contribution in [0.4, 0.5) is 0 Å². The molecule has 0 aliphatic rings. The Balaban J connectivity index is 4.24. The summed E-state index contributed by atoms with van der Waals surface area (Å²) in [6, 6.07) is 0. The van der Waals surface area contributed by atoms with Crippen molar-refractivity contribution in [2.24, 2.45) is 11.8 Å². The molecule has 118 valence electrons. The first-order valence-corrected chi connectivity index (χ1v) is 8.10. The molecule has 0 aromatic rings. The van der Waals surface area contributed by atoms with Crippen molar-refractivity contribution < 1.29 is 27.9 Å². The molecule has 0 aliphatic carbocycles. The van der Waals surface area contributed by atoms with Crippen LogP contribution < -0.4 is 4.72 Å². The molecule has 1 unspecified atom stereocenters. The van der Waals surface area contributed by atoms with E-state index in [0.717, 1.165) is 0 Å². The van der Waals surface area contributed by atoms with Crippen molar-refractivity contribution in [2.45, 2.75) is 33.1 Å². The van der Waals surface area contributed by atoms with Gasteiger partial charge in [-0.15, -0.1) is 0 Å². The van der Waals surface area contributed by atoms with Crippen molar-refractivity contribution in [2.75, 3.05) is 19.4 Å². The minimum absolute atomic E-state index is 0.0196. The maximum absolute atomic E-state index is 11.7. The van der Waals surface area contributed by atoms with Crippen LogP contribution in [0.5, 0.6) is 0 Å². The van der Waals surface area contributed by atoms with E-state index < -0.39 is 27.9 Å². The Labute approximate surface area is 119 Å². The van der Waals surface area contributed by atoms with E-state index in [4.69, 9.17) is 5.11 Å². The summed E-state index contributed by atoms with van der Waals surface area (Å²) in [4.78, 5) is 21.9. The molecule has 0 saturated carbocycles. The van der Waals surface area contributed by atoms with Gasteiger partial charge in [-0.3, -0.25) is 9.59 Å². The summed E-state index contributed by atoms with van der Waals surface area (Å²) in [6.45, 7) is 3.62. The minimum atomic E-state index is -3.57. The zero-order chi connectivity index (χ0) is 15.8. The molecule has 0 radical (unpaired) electrons. The number of carbonyl (C=O) groups excluding carboxylic acids is 1. The molecule has 0 aromatic heterocycles. The zero-order valence-electron chi connectivity index (χ0n) is 12.1. The number of carbonyl (C=O) groups is 2. The average molecular weight is 309 g/mol. The number of sulfonamides is 1. The molecule has 0 aliphatic heterocycles. The van der Waals surface area contributed by atoms with Gasteiger partial charge >= 0.3 is 11.9 Å². The highest BCUT2D eigenvalue weighted by Crippen LogP contribution is 2.11. The lowest BCUT2D eigenvalue weighted by Gasteiger charge is -2.15. The van der Waals surface area contributed by atoms with E-state index in [-0.39, 0.29) is 31.1 Å². The summed E-state index contributed by atoms with van der Waals surface area (Å²) in [5.41, 5.74) is 0. The van der Waals surface area contributed by atoms with Crippen LogP contribution in [-0.2, 0) is 24.3 Å². The van der Waals surface area contributed by atoms with Gasteiger partial charge in [0.1, 0.15) is 0 Å². The summed E-state index contributed by atoms with van der Waals surface area (Å²) in [5, 5.41) is 9.00. The fourth-order valence-electron chi connectivity index (χ4n) is 1.65. The van der Waals surface area contributed by atoms with Gasteiger partial charge < -0.3 is 9.84 Å². The first-order chi connectivity index (χ1) is 9.18. The van der Waals surface area contributed by atoms with Gasteiger partial charge in [-0.2, -0.15) is 0 Å². The second-order valence-electron chi connectivity index (χ2n) is 5.01. The highest BCUT2D eigenvalue weighted by molar-refractivity contribution is 7.89. The molecule has 2 N–H and O–H groups in total. The topological polar surface area (TPSA) is 110 Å². The molecule has 0 amide bonds. The number of esters is 1. The summed E-state index contributed by atoms with van der Waals surface area (Å²) >= 11 is 0. The van der Waals surface area contributed by atoms with Crippen LogP contribution in [-0.4, -0.2) is 44.9 Å². The summed E-state index contributed by atoms with van der Waals surface area (Å²) in [6.07, 6.45) is 0.565. The van der Waals surface area contributed by atoms with E-state index in [1.165, 1.54) is 7.11 Å². The van der Waals surface area contributed by atoms with E-state index in [1.807, 2.05) is 13.8 Å². The van der Waals surface area contributed by atoms with Gasteiger partial charge in [-0.25, -0.2) is 13.1 Å². The van der Waals surface area contributed by atoms with Gasteiger partial charge in [0.15, 0.2) is 0 Å². The van der Waals surface area contributed by atoms with Gasteiger partial charge in [0.05, 0.1) is 18.8 Å². The molecule has 0 rings (SSSR count). The Morgan fingerprint density at radius 3 is 2.35 bits per heavy atom. The molecular weight excluding hydrogens is 286 g/mol. The van der Waals surface area contributed by atoms with Gasteiger partial charge in [0.25, 0.3) is 0 Å². The van der Waals surface area contributed by atoms with Crippen molar-refractivity contribution in [3.8, 4) is 0 Å². The van der Waals surface area contributed by atoms with Crippen LogP contribution in [0.25, 0.3) is 0 Å². The third-order valence-corrected chi connectivity index (χ3v) is 4.11. The number of ether oxygens (including phenoxy) is 1. The molecule has 0 fully saturated rings. The van der Waals surface area contributed by atoms with Gasteiger partial charge in [-0.05, 0) is 18.8 Å². The second-order valence-corrected chi connectivity index (χ2v) is 6.94. The fourth-order valence-corrected chi connectivity index (χ4v) is 2.77. The number of rotatable bonds is 10. The number of carboxylic acids is 1. The van der Waals surface area contributed by atoms with Gasteiger partial charge in [0, 0.05) is 13.0 Å². The first kappa shape index (κ1) is 18.9. The third kappa shape index (κ3) is 8.87. The number of nitrogens with one attached hydrogen (secondary N) is 1. The molecule has 20 heavy (non-hydrogen) atoms. The quantitative estimate of drug-likeness (QED) is 0.572. The first-order valence-electron chi connectivity index (χ1n) is 6.45. The van der Waals surface area contributed by atoms with Crippen molar-refractivity contribution in [1.29, 1.82) is 0 Å². The van der Waals surface area contributed by atoms with Crippen molar-refractivity contribution in [3.05, 3.63) is 0 Å². The van der Waals surface area contributed by atoms with Crippen LogP contribution in [0.3, 0.4) is 0 Å². The Kier molecular flexibility index (Phi) is 8.40. The van der Waals surface area contributed by atoms with Crippen LogP contribution in [0.1, 0.15) is 33.1 Å². The zero-order valence-corrected chi connectivity index (χ0v) is 12.9. The summed E-state index contributed by atoms with van der Waals surface area (Å²) in [7, 11) is -2.34. The predicted molar refractivity (Wildman–Crippen MR) is 73.6 cm³/mol. The van der Waals surface area contributed by atoms with Crippen LogP contribution >= 0.6 is 0 Å². The fraction of sp³-hybridized carbons (Fsp3) is 0.833. The van der Waals surface area contributed by atoms with Crippen LogP contribution in [0.2, 0.25) is 0 Å². The largest absolute Gasteiger partial charge is 0.481 e. The normalized spacial score (nSPS) is 13.2. The monoisotopic (exact) mass is 309 g/mol. The standard InChI is InChI=1S/C12H23NO6S/c1-9(2)7-10(12(15)16)8-13-20(17,18)6-4-5-11(14)19-3/h9-10,13H,4-8H2,1-3H3,(H,15,16). The molecule has 8 heteroatoms. The maximum atomic E-state index is 11.7. The predicted octanol–water partition coefficient (Wildman–Crippen LogP) is 0.606. The molecule has 0 aromatic carbocycles. The van der Waals surface area contributed by atoms with E-state index in [0.29, 0.717) is 6.42 Å². The minimum Gasteiger partial charge on any atom is -0.481 e. The summed E-state index contributed by atoms with van der Waals surface area (Å²) < 4.78 is 30.0. The molecule has 0 spiro atoms.